The van der Waals surface area contributed by atoms with Crippen LogP contribution < -0.4 is 10.3 Å². The summed E-state index contributed by atoms with van der Waals surface area (Å²) in [5.74, 6) is 0.591. The molecule has 1 aromatic heterocycles. The fourth-order valence-electron chi connectivity index (χ4n) is 4.56. The average Bonchev–Trinajstić information content (AvgIpc) is 3.30. The number of amides is 1. The third kappa shape index (κ3) is 7.28. The van der Waals surface area contributed by atoms with Crippen LogP contribution in [-0.2, 0) is 32.2 Å². The SMILES string of the molecule is Cc1cccc(/C=N/Nc2nc3c(c(N4CCOCC4)n2)CN(C(=O)[C@H](C)CCC(=O)OC(C)(C)C)C3)c1. The van der Waals surface area contributed by atoms with Gasteiger partial charge in [0.15, 0.2) is 0 Å². The number of hydrogen-bond acceptors (Lipinski definition) is 9. The van der Waals surface area contributed by atoms with Crippen molar-refractivity contribution in [2.75, 3.05) is 36.6 Å². The van der Waals surface area contributed by atoms with Gasteiger partial charge in [0.1, 0.15) is 11.4 Å². The number of rotatable bonds is 8. The van der Waals surface area contributed by atoms with Crippen molar-refractivity contribution in [3.05, 3.63) is 46.6 Å². The first-order valence-electron chi connectivity index (χ1n) is 13.2. The Bertz CT molecular complexity index is 1190. The summed E-state index contributed by atoms with van der Waals surface area (Å²) in [5.41, 5.74) is 6.33. The van der Waals surface area contributed by atoms with E-state index in [4.69, 9.17) is 19.4 Å². The number of carbonyl (C=O) groups excluding carboxylic acids is 2. The smallest absolute Gasteiger partial charge is 0.306 e. The molecule has 0 saturated carbocycles. The molecule has 4 rings (SSSR count). The van der Waals surface area contributed by atoms with Crippen LogP contribution in [0.3, 0.4) is 0 Å². The molecule has 0 bridgehead atoms. The first-order valence-corrected chi connectivity index (χ1v) is 13.2. The molecule has 3 heterocycles. The Hall–Kier alpha value is -3.53. The maximum atomic E-state index is 13.3. The zero-order valence-electron chi connectivity index (χ0n) is 23.0. The molecule has 1 saturated heterocycles. The monoisotopic (exact) mass is 522 g/mol. The van der Waals surface area contributed by atoms with E-state index in [9.17, 15) is 9.59 Å². The Kier molecular flexibility index (Phi) is 8.61. The van der Waals surface area contributed by atoms with Gasteiger partial charge in [-0.05, 0) is 39.7 Å². The van der Waals surface area contributed by atoms with Crippen LogP contribution in [0.1, 0.15) is 62.9 Å². The van der Waals surface area contributed by atoms with Gasteiger partial charge in [-0.2, -0.15) is 10.1 Å². The fraction of sp³-hybridized carbons (Fsp3) is 0.536. The first-order chi connectivity index (χ1) is 18.1. The molecule has 1 atom stereocenters. The summed E-state index contributed by atoms with van der Waals surface area (Å²) in [7, 11) is 0. The zero-order valence-corrected chi connectivity index (χ0v) is 23.0. The Balaban J connectivity index is 1.47. The first kappa shape index (κ1) is 27.5. The van der Waals surface area contributed by atoms with Crippen molar-refractivity contribution in [3.63, 3.8) is 0 Å². The highest BCUT2D eigenvalue weighted by Gasteiger charge is 2.33. The molecule has 0 unspecified atom stereocenters. The molecule has 1 amide bonds. The van der Waals surface area contributed by atoms with E-state index in [2.05, 4.69) is 15.4 Å². The lowest BCUT2D eigenvalue weighted by atomic mass is 10.0. The molecule has 1 aromatic carbocycles. The van der Waals surface area contributed by atoms with E-state index in [-0.39, 0.29) is 24.2 Å². The normalized spacial score (nSPS) is 16.4. The Morgan fingerprint density at radius 3 is 2.68 bits per heavy atom. The maximum Gasteiger partial charge on any atom is 0.306 e. The van der Waals surface area contributed by atoms with Crippen molar-refractivity contribution in [1.82, 2.24) is 14.9 Å². The van der Waals surface area contributed by atoms with Crippen LogP contribution in [0.15, 0.2) is 29.4 Å². The van der Waals surface area contributed by atoms with Crippen LogP contribution in [0.2, 0.25) is 0 Å². The minimum atomic E-state index is -0.536. The van der Waals surface area contributed by atoms with E-state index in [1.807, 2.05) is 58.9 Å². The molecule has 0 aliphatic carbocycles. The highest BCUT2D eigenvalue weighted by molar-refractivity contribution is 5.81. The quantitative estimate of drug-likeness (QED) is 0.318. The van der Waals surface area contributed by atoms with Crippen LogP contribution >= 0.6 is 0 Å². The van der Waals surface area contributed by atoms with Gasteiger partial charge in [0.05, 0.1) is 38.2 Å². The zero-order chi connectivity index (χ0) is 27.3. The molecule has 0 radical (unpaired) electrons. The number of fused-ring (bicyclic) bond motifs is 1. The highest BCUT2D eigenvalue weighted by Crippen LogP contribution is 2.32. The largest absolute Gasteiger partial charge is 0.460 e. The van der Waals surface area contributed by atoms with Gasteiger partial charge < -0.3 is 19.3 Å². The van der Waals surface area contributed by atoms with Gasteiger partial charge in [-0.15, -0.1) is 0 Å². The van der Waals surface area contributed by atoms with Crippen LogP contribution in [-0.4, -0.2) is 64.9 Å². The van der Waals surface area contributed by atoms with Gasteiger partial charge in [-0.25, -0.2) is 10.4 Å². The van der Waals surface area contributed by atoms with Gasteiger partial charge in [0.25, 0.3) is 0 Å². The number of hydrazone groups is 1. The Morgan fingerprint density at radius 1 is 1.21 bits per heavy atom. The summed E-state index contributed by atoms with van der Waals surface area (Å²) in [4.78, 5) is 38.9. The molecular weight excluding hydrogens is 484 g/mol. The molecule has 204 valence electrons. The minimum absolute atomic E-state index is 0.00790. The van der Waals surface area contributed by atoms with Crippen LogP contribution in [0.25, 0.3) is 0 Å². The number of aryl methyl sites for hydroxylation is 1. The number of morpholine rings is 1. The van der Waals surface area contributed by atoms with Crippen molar-refractivity contribution in [2.45, 2.75) is 66.2 Å². The predicted octanol–water partition coefficient (Wildman–Crippen LogP) is 3.67. The lowest BCUT2D eigenvalue weighted by Crippen LogP contribution is -2.37. The van der Waals surface area contributed by atoms with E-state index in [1.165, 1.54) is 0 Å². The standard InChI is InChI=1S/C28H38N6O4/c1-19-7-6-8-21(15-19)16-29-32-27-30-23-18-34(17-22(23)25(31-27)33-11-13-37-14-12-33)26(36)20(2)9-10-24(35)38-28(3,4)5/h6-8,15-16,20H,9-14,17-18H2,1-5H3,(H,30,31,32)/b29-16+/t20-/m1/s1. The molecule has 10 nitrogen and oxygen atoms in total. The van der Waals surface area contributed by atoms with E-state index in [1.54, 1.807) is 11.1 Å². The van der Waals surface area contributed by atoms with Gasteiger partial charge in [-0.3, -0.25) is 9.59 Å². The van der Waals surface area contributed by atoms with Crippen LogP contribution in [0, 0.1) is 12.8 Å². The molecule has 2 aliphatic heterocycles. The van der Waals surface area contributed by atoms with Crippen molar-refractivity contribution < 1.29 is 19.1 Å². The summed E-state index contributed by atoms with van der Waals surface area (Å²) in [6, 6.07) is 8.05. The second kappa shape index (κ2) is 11.9. The molecule has 38 heavy (non-hydrogen) atoms. The number of benzene rings is 1. The lowest BCUT2D eigenvalue weighted by molar-refractivity contribution is -0.155. The summed E-state index contributed by atoms with van der Waals surface area (Å²) < 4.78 is 10.9. The molecule has 0 spiro atoms. The molecule has 2 aromatic rings. The fourth-order valence-corrected chi connectivity index (χ4v) is 4.56. The van der Waals surface area contributed by atoms with E-state index in [0.29, 0.717) is 38.7 Å². The van der Waals surface area contributed by atoms with Gasteiger partial charge in [0.2, 0.25) is 11.9 Å². The highest BCUT2D eigenvalue weighted by atomic mass is 16.6. The Morgan fingerprint density at radius 2 is 1.97 bits per heavy atom. The van der Waals surface area contributed by atoms with E-state index >= 15 is 0 Å². The summed E-state index contributed by atoms with van der Waals surface area (Å²) in [6.45, 7) is 12.9. The number of ether oxygens (including phenoxy) is 2. The van der Waals surface area contributed by atoms with Crippen molar-refractivity contribution in [1.29, 1.82) is 0 Å². The van der Waals surface area contributed by atoms with E-state index in [0.717, 1.165) is 41.3 Å². The molecule has 1 fully saturated rings. The lowest BCUT2D eigenvalue weighted by Gasteiger charge is -2.29. The van der Waals surface area contributed by atoms with Crippen molar-refractivity contribution in [2.24, 2.45) is 11.0 Å². The minimum Gasteiger partial charge on any atom is -0.460 e. The second-order valence-corrected chi connectivity index (χ2v) is 10.9. The number of carbonyl (C=O) groups is 2. The van der Waals surface area contributed by atoms with Crippen molar-refractivity contribution in [3.8, 4) is 0 Å². The van der Waals surface area contributed by atoms with Crippen LogP contribution in [0.5, 0.6) is 0 Å². The third-order valence-corrected chi connectivity index (χ3v) is 6.43. The predicted molar refractivity (Wildman–Crippen MR) is 146 cm³/mol. The number of nitrogens with zero attached hydrogens (tertiary/aromatic N) is 5. The van der Waals surface area contributed by atoms with Gasteiger partial charge in [-0.1, -0.05) is 36.8 Å². The van der Waals surface area contributed by atoms with Gasteiger partial charge >= 0.3 is 5.97 Å². The van der Waals surface area contributed by atoms with Crippen molar-refractivity contribution >= 4 is 29.9 Å². The Labute approximate surface area is 224 Å². The van der Waals surface area contributed by atoms with Gasteiger partial charge in [0, 0.05) is 31.0 Å². The average molecular weight is 523 g/mol. The third-order valence-electron chi connectivity index (χ3n) is 6.43. The van der Waals surface area contributed by atoms with E-state index < -0.39 is 5.60 Å². The summed E-state index contributed by atoms with van der Waals surface area (Å²) >= 11 is 0. The molecule has 2 aliphatic rings. The topological polar surface area (TPSA) is 109 Å². The molecule has 10 heteroatoms. The number of nitrogens with one attached hydrogen (secondary N) is 1. The maximum absolute atomic E-state index is 13.3. The van der Waals surface area contributed by atoms with Crippen LogP contribution in [0.4, 0.5) is 11.8 Å². The summed E-state index contributed by atoms with van der Waals surface area (Å²) in [6.07, 6.45) is 2.38. The molecule has 1 N–H and O–H groups in total. The number of anilines is 2. The second-order valence-electron chi connectivity index (χ2n) is 10.9. The molecular formula is C28H38N6O4. The number of aromatic nitrogens is 2. The summed E-state index contributed by atoms with van der Waals surface area (Å²) in [5, 5.41) is 4.35. The number of esters is 1. The number of hydrogen-bond donors (Lipinski definition) is 1.